The molecule has 0 bridgehead atoms. The largest absolute Gasteiger partial charge is 0.492 e. The molecule has 0 atom stereocenters. The van der Waals surface area contributed by atoms with Crippen molar-refractivity contribution >= 4 is 38.9 Å². The van der Waals surface area contributed by atoms with Crippen LogP contribution < -0.4 is 24.6 Å². The van der Waals surface area contributed by atoms with Gasteiger partial charge in [-0.15, -0.1) is 0 Å². The van der Waals surface area contributed by atoms with Gasteiger partial charge in [0.25, 0.3) is 0 Å². The van der Waals surface area contributed by atoms with E-state index >= 15 is 0 Å². The highest BCUT2D eigenvalue weighted by Crippen LogP contribution is 2.43. The van der Waals surface area contributed by atoms with Crippen molar-refractivity contribution in [1.29, 1.82) is 0 Å². The number of rotatable bonds is 7. The molecule has 40 heavy (non-hydrogen) atoms. The summed E-state index contributed by atoms with van der Waals surface area (Å²) < 4.78 is 55.3. The van der Waals surface area contributed by atoms with Gasteiger partial charge in [0.1, 0.15) is 16.8 Å². The molecular formula is C25H26FN3O10S. The third-order valence-corrected chi connectivity index (χ3v) is 6.71. The highest BCUT2D eigenvalue weighted by Gasteiger charge is 2.31. The number of pyridine rings is 1. The Morgan fingerprint density at radius 3 is 2.25 bits per heavy atom. The first-order valence-electron chi connectivity index (χ1n) is 12.1. The van der Waals surface area contributed by atoms with E-state index in [9.17, 15) is 32.3 Å². The molecule has 15 heteroatoms. The predicted octanol–water partition coefficient (Wildman–Crippen LogP) is 2.16. The lowest BCUT2D eigenvalue weighted by Crippen LogP contribution is -2.44. The lowest BCUT2D eigenvalue weighted by Gasteiger charge is -2.31. The number of nitrogens with one attached hydrogen (secondary N) is 1. The van der Waals surface area contributed by atoms with E-state index in [0.29, 0.717) is 30.0 Å². The number of aromatic nitrogens is 1. The summed E-state index contributed by atoms with van der Waals surface area (Å²) in [6, 6.07) is 6.32. The Morgan fingerprint density at radius 2 is 1.70 bits per heavy atom. The first-order chi connectivity index (χ1) is 18.9. The number of carboxylic acid groups (broad SMARTS) is 2. The van der Waals surface area contributed by atoms with Gasteiger partial charge < -0.3 is 33.9 Å². The van der Waals surface area contributed by atoms with E-state index in [1.807, 2.05) is 4.90 Å². The summed E-state index contributed by atoms with van der Waals surface area (Å²) in [5.41, 5.74) is -0.572. The Morgan fingerprint density at radius 1 is 1.07 bits per heavy atom. The van der Waals surface area contributed by atoms with Gasteiger partial charge in [-0.1, -0.05) is 12.1 Å². The number of anilines is 1. The van der Waals surface area contributed by atoms with Gasteiger partial charge in [0, 0.05) is 38.4 Å². The summed E-state index contributed by atoms with van der Waals surface area (Å²) in [6.45, 7) is 2.71. The van der Waals surface area contributed by atoms with Crippen molar-refractivity contribution < 1.29 is 46.1 Å². The molecule has 5 rings (SSSR count). The fraction of sp³-hybridized carbons (Fsp3) is 0.320. The molecule has 1 aliphatic heterocycles. The van der Waals surface area contributed by atoms with Crippen molar-refractivity contribution in [1.82, 2.24) is 9.88 Å². The molecule has 0 unspecified atom stereocenters. The number of hydrogen-bond acceptors (Lipinski definition) is 9. The van der Waals surface area contributed by atoms with Crippen LogP contribution in [0.3, 0.4) is 0 Å². The lowest BCUT2D eigenvalue weighted by atomic mass is 10.1. The summed E-state index contributed by atoms with van der Waals surface area (Å²) in [7, 11) is -3.25. The molecule has 3 aromatic rings. The molecule has 1 saturated carbocycles. The van der Waals surface area contributed by atoms with Gasteiger partial charge in [-0.05, 0) is 31.0 Å². The van der Waals surface area contributed by atoms with Gasteiger partial charge in [-0.25, -0.2) is 14.0 Å². The van der Waals surface area contributed by atoms with Crippen molar-refractivity contribution in [2.24, 2.45) is 0 Å². The standard InChI is InChI=1S/C18H20FN3O4.C7H6O6S/c1-26-17-14-11(8-13(19)15(17)21-6-4-20-5-7-21)16(23)12(18(24)25)9-22(14)10-2-3-10;8-7(9)5-3-1-2-4-6(5)13-14(10,11)12/h8-10,20H,2-7H2,1H3,(H,24,25);1-4H,(H,8,9)(H,10,11,12). The number of carboxylic acids is 2. The van der Waals surface area contributed by atoms with Crippen LogP contribution in [0.2, 0.25) is 0 Å². The molecule has 1 aliphatic carbocycles. The van der Waals surface area contributed by atoms with E-state index < -0.39 is 39.3 Å². The summed E-state index contributed by atoms with van der Waals surface area (Å²) in [5.74, 6) is -3.36. The van der Waals surface area contributed by atoms with Gasteiger partial charge in [0.05, 0.1) is 18.0 Å². The van der Waals surface area contributed by atoms with Crippen molar-refractivity contribution in [2.75, 3.05) is 38.2 Å². The predicted molar refractivity (Wildman–Crippen MR) is 141 cm³/mol. The van der Waals surface area contributed by atoms with E-state index in [0.717, 1.165) is 44.1 Å². The van der Waals surface area contributed by atoms with E-state index in [2.05, 4.69) is 9.50 Å². The molecule has 2 fully saturated rings. The van der Waals surface area contributed by atoms with E-state index in [1.54, 1.807) is 4.57 Å². The zero-order chi connectivity index (χ0) is 29.2. The zero-order valence-electron chi connectivity index (χ0n) is 21.2. The van der Waals surface area contributed by atoms with Crippen molar-refractivity contribution in [2.45, 2.75) is 18.9 Å². The van der Waals surface area contributed by atoms with Crippen LogP contribution in [0.4, 0.5) is 10.1 Å². The maximum atomic E-state index is 15.0. The minimum atomic E-state index is -4.70. The van der Waals surface area contributed by atoms with Crippen LogP contribution in [0.25, 0.3) is 10.9 Å². The number of para-hydroxylation sites is 1. The third kappa shape index (κ3) is 6.16. The number of aromatic carboxylic acids is 2. The van der Waals surface area contributed by atoms with Crippen LogP contribution in [0.1, 0.15) is 39.6 Å². The average molecular weight is 580 g/mol. The Hall–Kier alpha value is -4.21. The van der Waals surface area contributed by atoms with Crippen LogP contribution in [-0.2, 0) is 10.4 Å². The molecule has 1 saturated heterocycles. The highest BCUT2D eigenvalue weighted by molar-refractivity contribution is 7.81. The minimum absolute atomic E-state index is 0.0463. The number of fused-ring (bicyclic) bond motifs is 1. The van der Waals surface area contributed by atoms with Gasteiger partial charge in [-0.3, -0.25) is 9.35 Å². The van der Waals surface area contributed by atoms with Gasteiger partial charge in [0.15, 0.2) is 17.3 Å². The van der Waals surface area contributed by atoms with Crippen LogP contribution in [0.15, 0.2) is 41.3 Å². The van der Waals surface area contributed by atoms with E-state index in [1.165, 1.54) is 25.4 Å². The summed E-state index contributed by atoms with van der Waals surface area (Å²) in [5, 5.41) is 21.2. The SMILES string of the molecule is COc1c(N2CCNCC2)c(F)cc2c(=O)c(C(=O)O)cn(C3CC3)c12.O=C(O)c1ccccc1OS(=O)(=O)O. The molecule has 4 N–H and O–H groups in total. The Balaban J connectivity index is 0.000000224. The summed E-state index contributed by atoms with van der Waals surface area (Å²) >= 11 is 0. The molecule has 2 aromatic carbocycles. The quantitative estimate of drug-likeness (QED) is 0.300. The van der Waals surface area contributed by atoms with Crippen molar-refractivity contribution in [3.8, 4) is 11.5 Å². The number of carbonyl (C=O) groups is 2. The normalized spacial score (nSPS) is 15.2. The van der Waals surface area contributed by atoms with Crippen molar-refractivity contribution in [3.63, 3.8) is 0 Å². The van der Waals surface area contributed by atoms with E-state index in [4.69, 9.17) is 14.4 Å². The Kier molecular flexibility index (Phi) is 8.27. The summed E-state index contributed by atoms with van der Waals surface area (Å²) in [4.78, 5) is 36.5. The fourth-order valence-electron chi connectivity index (χ4n) is 4.44. The second-order valence-corrected chi connectivity index (χ2v) is 10.0. The van der Waals surface area contributed by atoms with Crippen LogP contribution >= 0.6 is 0 Å². The van der Waals surface area contributed by atoms with Gasteiger partial charge in [0.2, 0.25) is 5.43 Å². The molecule has 13 nitrogen and oxygen atoms in total. The molecule has 0 radical (unpaired) electrons. The number of halogens is 1. The van der Waals surface area contributed by atoms with Crippen LogP contribution in [-0.4, -0.2) is 73.0 Å². The molecule has 214 valence electrons. The fourth-order valence-corrected chi connectivity index (χ4v) is 4.81. The van der Waals surface area contributed by atoms with E-state index in [-0.39, 0.29) is 22.6 Å². The topological polar surface area (TPSA) is 185 Å². The van der Waals surface area contributed by atoms with Crippen LogP contribution in [0.5, 0.6) is 11.5 Å². The van der Waals surface area contributed by atoms with Gasteiger partial charge >= 0.3 is 22.3 Å². The highest BCUT2D eigenvalue weighted by atomic mass is 32.3. The molecule has 2 aliphatic rings. The zero-order valence-corrected chi connectivity index (χ0v) is 22.0. The maximum absolute atomic E-state index is 15.0. The smallest absolute Gasteiger partial charge is 0.446 e. The number of hydrogen-bond donors (Lipinski definition) is 4. The third-order valence-electron chi connectivity index (χ3n) is 6.32. The molecule has 2 heterocycles. The lowest BCUT2D eigenvalue weighted by molar-refractivity contribution is 0.0683. The minimum Gasteiger partial charge on any atom is -0.492 e. The first kappa shape index (κ1) is 28.8. The molecular weight excluding hydrogens is 553 g/mol. The average Bonchev–Trinajstić information content (AvgIpc) is 3.74. The number of methoxy groups -OCH3 is 1. The number of benzene rings is 2. The number of ether oxygens (including phenoxy) is 1. The second kappa shape index (κ2) is 11.5. The number of piperazine rings is 1. The van der Waals surface area contributed by atoms with Gasteiger partial charge in [-0.2, -0.15) is 8.42 Å². The van der Waals surface area contributed by atoms with Crippen LogP contribution in [0, 0.1) is 5.82 Å². The Bertz CT molecular complexity index is 1630. The first-order valence-corrected chi connectivity index (χ1v) is 13.4. The molecule has 0 spiro atoms. The molecule has 1 aromatic heterocycles. The second-order valence-electron chi connectivity index (χ2n) is 9.00. The maximum Gasteiger partial charge on any atom is 0.446 e. The Labute approximate surface area is 227 Å². The molecule has 0 amide bonds. The monoisotopic (exact) mass is 579 g/mol. The van der Waals surface area contributed by atoms with Crippen molar-refractivity contribution in [3.05, 3.63) is 63.7 Å². The summed E-state index contributed by atoms with van der Waals surface area (Å²) in [6.07, 6.45) is 3.15. The number of nitrogens with zero attached hydrogens (tertiary/aromatic N) is 2.